The molecule has 0 aliphatic heterocycles. The van der Waals surface area contributed by atoms with Crippen molar-refractivity contribution in [2.24, 2.45) is 0 Å². The lowest BCUT2D eigenvalue weighted by Gasteiger charge is -2.01. The van der Waals surface area contributed by atoms with Gasteiger partial charge in [0, 0.05) is 23.3 Å². The Morgan fingerprint density at radius 1 is 1.31 bits per heavy atom. The van der Waals surface area contributed by atoms with Gasteiger partial charge >= 0.3 is 0 Å². The van der Waals surface area contributed by atoms with E-state index < -0.39 is 0 Å². The lowest BCUT2D eigenvalue weighted by Crippen LogP contribution is -1.93. The summed E-state index contributed by atoms with van der Waals surface area (Å²) in [7, 11) is 1.57. The number of methoxy groups -OCH3 is 1. The summed E-state index contributed by atoms with van der Waals surface area (Å²) in [5, 5.41) is 0.850. The quantitative estimate of drug-likeness (QED) is 0.707. The number of anilines is 1. The number of rotatable bonds is 1. The molecule has 13 heavy (non-hydrogen) atoms. The zero-order valence-corrected chi connectivity index (χ0v) is 7.19. The summed E-state index contributed by atoms with van der Waals surface area (Å²) >= 11 is 0. The third kappa shape index (κ3) is 1.26. The van der Waals surface area contributed by atoms with Crippen LogP contribution >= 0.6 is 0 Å². The molecule has 0 aliphatic carbocycles. The average molecular weight is 175 g/mol. The molecule has 0 aromatic carbocycles. The Hall–Kier alpha value is -1.84. The predicted octanol–water partition coefficient (Wildman–Crippen LogP) is 1.22. The Morgan fingerprint density at radius 2 is 2.15 bits per heavy atom. The summed E-state index contributed by atoms with van der Waals surface area (Å²) in [5.74, 6) is 0.547. The standard InChI is InChI=1S/C9H9N3O/c1-13-8-3-2-6-7(10)4-5-11-9(6)12-8/h2-5H,1H3,(H2,10,11,12). The summed E-state index contributed by atoms with van der Waals surface area (Å²) in [4.78, 5) is 8.22. The number of nitrogen functional groups attached to an aromatic ring is 1. The molecule has 2 aromatic rings. The van der Waals surface area contributed by atoms with Gasteiger partial charge in [-0.05, 0) is 12.1 Å². The second-order valence-corrected chi connectivity index (χ2v) is 2.62. The summed E-state index contributed by atoms with van der Waals surface area (Å²) in [6.45, 7) is 0. The maximum atomic E-state index is 5.73. The highest BCUT2D eigenvalue weighted by molar-refractivity contribution is 5.87. The molecule has 2 rings (SSSR count). The van der Waals surface area contributed by atoms with Crippen molar-refractivity contribution in [3.8, 4) is 5.88 Å². The molecular weight excluding hydrogens is 166 g/mol. The minimum Gasteiger partial charge on any atom is -0.481 e. The molecule has 0 atom stereocenters. The van der Waals surface area contributed by atoms with Crippen LogP contribution in [0.15, 0.2) is 24.4 Å². The van der Waals surface area contributed by atoms with E-state index in [1.807, 2.05) is 6.07 Å². The molecule has 0 fully saturated rings. The highest BCUT2D eigenvalue weighted by Crippen LogP contribution is 2.19. The first-order valence-electron chi connectivity index (χ1n) is 3.86. The van der Waals surface area contributed by atoms with E-state index in [-0.39, 0.29) is 0 Å². The van der Waals surface area contributed by atoms with Crippen LogP contribution in [0.25, 0.3) is 11.0 Å². The average Bonchev–Trinajstić information content (AvgIpc) is 2.18. The Balaban J connectivity index is 2.72. The normalized spacial score (nSPS) is 10.2. The lowest BCUT2D eigenvalue weighted by molar-refractivity contribution is 0.399. The van der Waals surface area contributed by atoms with Gasteiger partial charge in [0.2, 0.25) is 5.88 Å². The number of pyridine rings is 2. The van der Waals surface area contributed by atoms with E-state index in [0.717, 1.165) is 5.39 Å². The number of nitrogens with two attached hydrogens (primary N) is 1. The van der Waals surface area contributed by atoms with Gasteiger partial charge in [0.25, 0.3) is 0 Å². The molecule has 0 saturated heterocycles. The van der Waals surface area contributed by atoms with Gasteiger partial charge in [-0.25, -0.2) is 4.98 Å². The van der Waals surface area contributed by atoms with Gasteiger partial charge in [-0.3, -0.25) is 0 Å². The van der Waals surface area contributed by atoms with Gasteiger partial charge in [0.05, 0.1) is 7.11 Å². The summed E-state index contributed by atoms with van der Waals surface area (Å²) in [6, 6.07) is 5.36. The van der Waals surface area contributed by atoms with E-state index in [4.69, 9.17) is 10.5 Å². The van der Waals surface area contributed by atoms with E-state index in [0.29, 0.717) is 17.2 Å². The van der Waals surface area contributed by atoms with E-state index in [1.54, 1.807) is 25.4 Å². The van der Waals surface area contributed by atoms with Gasteiger partial charge in [-0.15, -0.1) is 0 Å². The van der Waals surface area contributed by atoms with Crippen molar-refractivity contribution in [2.45, 2.75) is 0 Å². The third-order valence-electron chi connectivity index (χ3n) is 1.82. The first-order chi connectivity index (χ1) is 6.31. The van der Waals surface area contributed by atoms with Crippen molar-refractivity contribution in [1.29, 1.82) is 0 Å². The van der Waals surface area contributed by atoms with Crippen molar-refractivity contribution in [1.82, 2.24) is 9.97 Å². The SMILES string of the molecule is COc1ccc2c(N)ccnc2n1. The molecule has 0 spiro atoms. The third-order valence-corrected chi connectivity index (χ3v) is 1.82. The van der Waals surface area contributed by atoms with Gasteiger partial charge in [0.1, 0.15) is 0 Å². The fraction of sp³-hybridized carbons (Fsp3) is 0.111. The first kappa shape index (κ1) is 7.79. The van der Waals surface area contributed by atoms with Gasteiger partial charge < -0.3 is 10.5 Å². The molecule has 4 heteroatoms. The maximum Gasteiger partial charge on any atom is 0.215 e. The first-order valence-corrected chi connectivity index (χ1v) is 3.86. The lowest BCUT2D eigenvalue weighted by atomic mass is 10.2. The molecule has 0 radical (unpaired) electrons. The molecule has 2 heterocycles. The minimum absolute atomic E-state index is 0.547. The fourth-order valence-electron chi connectivity index (χ4n) is 1.15. The van der Waals surface area contributed by atoms with Gasteiger partial charge in [-0.1, -0.05) is 0 Å². The molecule has 0 unspecified atom stereocenters. The summed E-state index contributed by atoms with van der Waals surface area (Å²) in [6.07, 6.45) is 1.63. The van der Waals surface area contributed by atoms with Crippen LogP contribution in [0.3, 0.4) is 0 Å². The fourth-order valence-corrected chi connectivity index (χ4v) is 1.15. The minimum atomic E-state index is 0.547. The molecule has 0 bridgehead atoms. The molecule has 4 nitrogen and oxygen atoms in total. The monoisotopic (exact) mass is 175 g/mol. The molecule has 2 N–H and O–H groups in total. The van der Waals surface area contributed by atoms with Crippen molar-refractivity contribution in [3.05, 3.63) is 24.4 Å². The van der Waals surface area contributed by atoms with Crippen molar-refractivity contribution in [3.63, 3.8) is 0 Å². The van der Waals surface area contributed by atoms with Gasteiger partial charge in [-0.2, -0.15) is 4.98 Å². The van der Waals surface area contributed by atoms with Crippen LogP contribution in [0, 0.1) is 0 Å². The van der Waals surface area contributed by atoms with Crippen LogP contribution in [0.2, 0.25) is 0 Å². The zero-order chi connectivity index (χ0) is 9.26. The predicted molar refractivity (Wildman–Crippen MR) is 50.5 cm³/mol. The van der Waals surface area contributed by atoms with E-state index in [2.05, 4.69) is 9.97 Å². The highest BCUT2D eigenvalue weighted by atomic mass is 16.5. The Kier molecular flexibility index (Phi) is 1.73. The van der Waals surface area contributed by atoms with Crippen LogP contribution in [0.5, 0.6) is 5.88 Å². The number of fused-ring (bicyclic) bond motifs is 1. The number of hydrogen-bond donors (Lipinski definition) is 1. The second-order valence-electron chi connectivity index (χ2n) is 2.62. The second kappa shape index (κ2) is 2.90. The Labute approximate surface area is 75.4 Å². The molecule has 2 aromatic heterocycles. The number of aromatic nitrogens is 2. The number of ether oxygens (including phenoxy) is 1. The molecule has 0 aliphatic rings. The van der Waals surface area contributed by atoms with Crippen LogP contribution in [0.4, 0.5) is 5.69 Å². The Bertz CT molecular complexity index is 442. The van der Waals surface area contributed by atoms with Crippen molar-refractivity contribution >= 4 is 16.7 Å². The van der Waals surface area contributed by atoms with Crippen LogP contribution in [-0.4, -0.2) is 17.1 Å². The Morgan fingerprint density at radius 3 is 2.92 bits per heavy atom. The van der Waals surface area contributed by atoms with Crippen LogP contribution < -0.4 is 10.5 Å². The smallest absolute Gasteiger partial charge is 0.215 e. The van der Waals surface area contributed by atoms with Crippen molar-refractivity contribution in [2.75, 3.05) is 12.8 Å². The van der Waals surface area contributed by atoms with E-state index in [9.17, 15) is 0 Å². The largest absolute Gasteiger partial charge is 0.481 e. The van der Waals surface area contributed by atoms with Gasteiger partial charge in [0.15, 0.2) is 5.65 Å². The van der Waals surface area contributed by atoms with E-state index in [1.165, 1.54) is 0 Å². The highest BCUT2D eigenvalue weighted by Gasteiger charge is 2.00. The molecule has 0 saturated carbocycles. The van der Waals surface area contributed by atoms with Crippen molar-refractivity contribution < 1.29 is 4.74 Å². The zero-order valence-electron chi connectivity index (χ0n) is 7.19. The van der Waals surface area contributed by atoms with E-state index >= 15 is 0 Å². The van der Waals surface area contributed by atoms with Crippen LogP contribution in [-0.2, 0) is 0 Å². The number of nitrogens with zero attached hydrogens (tertiary/aromatic N) is 2. The van der Waals surface area contributed by atoms with Crippen LogP contribution in [0.1, 0.15) is 0 Å². The number of hydrogen-bond acceptors (Lipinski definition) is 4. The molecular formula is C9H9N3O. The topological polar surface area (TPSA) is 61.0 Å². The molecule has 66 valence electrons. The summed E-state index contributed by atoms with van der Waals surface area (Å²) < 4.78 is 4.97. The maximum absolute atomic E-state index is 5.73. The molecule has 0 amide bonds. The summed E-state index contributed by atoms with van der Waals surface area (Å²) in [5.41, 5.74) is 7.02.